The second kappa shape index (κ2) is 4.89. The quantitative estimate of drug-likeness (QED) is 0.837. The predicted molar refractivity (Wildman–Crippen MR) is 68.6 cm³/mol. The molecule has 5 heteroatoms. The largest absolute Gasteiger partial charge is 0.346 e. The minimum Gasteiger partial charge on any atom is -0.346 e. The van der Waals surface area contributed by atoms with Gasteiger partial charge in [-0.2, -0.15) is 0 Å². The summed E-state index contributed by atoms with van der Waals surface area (Å²) in [5.74, 6) is -0.599. The average Bonchev–Trinajstić information content (AvgIpc) is 2.94. The minimum atomic E-state index is -0.382. The second-order valence-corrected chi connectivity index (χ2v) is 5.66. The minimum absolute atomic E-state index is 0.217. The number of ether oxygens (including phenoxy) is 2. The summed E-state index contributed by atoms with van der Waals surface area (Å²) in [4.78, 5) is 2.28. The van der Waals surface area contributed by atoms with Crippen molar-refractivity contribution >= 4 is 15.9 Å². The fourth-order valence-corrected chi connectivity index (χ4v) is 3.06. The lowest BCUT2D eigenvalue weighted by Gasteiger charge is -2.22. The highest BCUT2D eigenvalue weighted by Gasteiger charge is 2.43. The molecule has 2 aliphatic heterocycles. The maximum absolute atomic E-state index is 13.0. The Morgan fingerprint density at radius 2 is 2.11 bits per heavy atom. The normalized spacial score (nSPS) is 23.0. The van der Waals surface area contributed by atoms with Crippen LogP contribution in [0.15, 0.2) is 22.7 Å². The fraction of sp³-hybridized carbons (Fsp3) is 0.538. The third-order valence-electron chi connectivity index (χ3n) is 3.50. The molecule has 3 nitrogen and oxygen atoms in total. The van der Waals surface area contributed by atoms with E-state index in [1.165, 1.54) is 12.1 Å². The molecule has 0 aromatic heterocycles. The van der Waals surface area contributed by atoms with Gasteiger partial charge in [-0.25, -0.2) is 4.39 Å². The summed E-state index contributed by atoms with van der Waals surface area (Å²) in [6.07, 6.45) is 0.909. The first-order valence-corrected chi connectivity index (χ1v) is 6.90. The van der Waals surface area contributed by atoms with E-state index >= 15 is 0 Å². The van der Waals surface area contributed by atoms with Gasteiger partial charge in [0, 0.05) is 24.0 Å². The van der Waals surface area contributed by atoms with E-state index in [2.05, 4.69) is 20.8 Å². The lowest BCUT2D eigenvalue weighted by atomic mass is 10.2. The smallest absolute Gasteiger partial charge is 0.182 e. The van der Waals surface area contributed by atoms with Crippen molar-refractivity contribution in [2.24, 2.45) is 0 Å². The number of rotatable bonds is 2. The molecule has 3 rings (SSSR count). The SMILES string of the molecule is Fc1ccc(CN2CCC3(C2)OCCO3)c(Br)c1. The Morgan fingerprint density at radius 1 is 1.33 bits per heavy atom. The van der Waals surface area contributed by atoms with Crippen LogP contribution in [0.4, 0.5) is 4.39 Å². The van der Waals surface area contributed by atoms with Crippen LogP contribution in [0.5, 0.6) is 0 Å². The van der Waals surface area contributed by atoms with Gasteiger partial charge in [0.15, 0.2) is 5.79 Å². The molecule has 0 saturated carbocycles. The van der Waals surface area contributed by atoms with Crippen LogP contribution in [0.3, 0.4) is 0 Å². The van der Waals surface area contributed by atoms with E-state index in [0.29, 0.717) is 13.2 Å². The summed E-state index contributed by atoms with van der Waals surface area (Å²) in [5, 5.41) is 0. The zero-order chi connectivity index (χ0) is 12.6. The fourth-order valence-electron chi connectivity index (χ4n) is 2.59. The molecule has 2 aliphatic rings. The Balaban J connectivity index is 1.67. The molecule has 18 heavy (non-hydrogen) atoms. The molecule has 2 heterocycles. The molecule has 1 aromatic carbocycles. The van der Waals surface area contributed by atoms with Crippen LogP contribution in [0.25, 0.3) is 0 Å². The third-order valence-corrected chi connectivity index (χ3v) is 4.23. The van der Waals surface area contributed by atoms with Crippen LogP contribution in [0, 0.1) is 5.82 Å². The lowest BCUT2D eigenvalue weighted by Crippen LogP contribution is -2.34. The topological polar surface area (TPSA) is 21.7 Å². The summed E-state index contributed by atoms with van der Waals surface area (Å²) in [6, 6.07) is 4.82. The molecule has 1 spiro atoms. The van der Waals surface area contributed by atoms with Crippen LogP contribution in [0.2, 0.25) is 0 Å². The molecule has 0 aliphatic carbocycles. The summed E-state index contributed by atoms with van der Waals surface area (Å²) in [5.41, 5.74) is 1.09. The molecule has 1 aromatic rings. The Hall–Kier alpha value is -0.490. The first kappa shape index (κ1) is 12.5. The van der Waals surface area contributed by atoms with Gasteiger partial charge in [0.1, 0.15) is 5.82 Å². The van der Waals surface area contributed by atoms with E-state index < -0.39 is 0 Å². The zero-order valence-corrected chi connectivity index (χ0v) is 11.6. The van der Waals surface area contributed by atoms with Crippen LogP contribution >= 0.6 is 15.9 Å². The van der Waals surface area contributed by atoms with Gasteiger partial charge in [0.2, 0.25) is 0 Å². The molecule has 0 N–H and O–H groups in total. The molecular weight excluding hydrogens is 301 g/mol. The monoisotopic (exact) mass is 315 g/mol. The van der Waals surface area contributed by atoms with E-state index in [9.17, 15) is 4.39 Å². The number of benzene rings is 1. The Labute approximate surface area is 114 Å². The van der Waals surface area contributed by atoms with Gasteiger partial charge in [-0.05, 0) is 17.7 Å². The molecule has 0 radical (unpaired) electrons. The van der Waals surface area contributed by atoms with Crippen molar-refractivity contribution in [3.63, 3.8) is 0 Å². The predicted octanol–water partition coefficient (Wildman–Crippen LogP) is 2.54. The molecule has 2 fully saturated rings. The third kappa shape index (κ3) is 2.45. The standard InChI is InChI=1S/C13H15BrFNO2/c14-12-7-11(15)2-1-10(12)8-16-4-3-13(9-16)17-5-6-18-13/h1-2,7H,3-6,8-9H2. The summed E-state index contributed by atoms with van der Waals surface area (Å²) >= 11 is 3.40. The van der Waals surface area contributed by atoms with E-state index in [1.807, 2.05) is 6.07 Å². The summed E-state index contributed by atoms with van der Waals surface area (Å²) < 4.78 is 25.2. The first-order chi connectivity index (χ1) is 8.67. The van der Waals surface area contributed by atoms with Crippen molar-refractivity contribution in [3.8, 4) is 0 Å². The molecule has 0 amide bonds. The van der Waals surface area contributed by atoms with Gasteiger partial charge < -0.3 is 9.47 Å². The van der Waals surface area contributed by atoms with E-state index in [-0.39, 0.29) is 11.6 Å². The molecular formula is C13H15BrFNO2. The summed E-state index contributed by atoms with van der Waals surface area (Å²) in [7, 11) is 0. The van der Waals surface area contributed by atoms with Gasteiger partial charge in [0.05, 0.1) is 19.8 Å². The van der Waals surface area contributed by atoms with Gasteiger partial charge in [-0.1, -0.05) is 22.0 Å². The van der Waals surface area contributed by atoms with Crippen molar-refractivity contribution < 1.29 is 13.9 Å². The molecule has 98 valence electrons. The molecule has 2 saturated heterocycles. The van der Waals surface area contributed by atoms with Crippen molar-refractivity contribution in [3.05, 3.63) is 34.1 Å². The number of halogens is 2. The zero-order valence-electron chi connectivity index (χ0n) is 9.99. The van der Waals surface area contributed by atoms with E-state index in [1.54, 1.807) is 0 Å². The van der Waals surface area contributed by atoms with Gasteiger partial charge in [0.25, 0.3) is 0 Å². The van der Waals surface area contributed by atoms with Crippen molar-refractivity contribution in [2.75, 3.05) is 26.3 Å². The van der Waals surface area contributed by atoms with Crippen LogP contribution in [-0.4, -0.2) is 37.0 Å². The highest BCUT2D eigenvalue weighted by atomic mass is 79.9. The highest BCUT2D eigenvalue weighted by molar-refractivity contribution is 9.10. The van der Waals surface area contributed by atoms with Crippen molar-refractivity contribution in [1.29, 1.82) is 0 Å². The maximum atomic E-state index is 13.0. The average molecular weight is 316 g/mol. The molecule has 0 bridgehead atoms. The second-order valence-electron chi connectivity index (χ2n) is 4.80. The Morgan fingerprint density at radius 3 is 2.83 bits per heavy atom. The van der Waals surface area contributed by atoms with Crippen LogP contribution < -0.4 is 0 Å². The Bertz CT molecular complexity index is 449. The summed E-state index contributed by atoms with van der Waals surface area (Å²) in [6.45, 7) is 3.90. The van der Waals surface area contributed by atoms with Crippen LogP contribution in [-0.2, 0) is 16.0 Å². The van der Waals surface area contributed by atoms with Gasteiger partial charge >= 0.3 is 0 Å². The number of nitrogens with zero attached hydrogens (tertiary/aromatic N) is 1. The van der Waals surface area contributed by atoms with E-state index in [4.69, 9.17) is 9.47 Å². The molecule has 0 atom stereocenters. The van der Waals surface area contributed by atoms with Gasteiger partial charge in [-0.3, -0.25) is 4.90 Å². The number of likely N-dealkylation sites (tertiary alicyclic amines) is 1. The molecule has 0 unspecified atom stereocenters. The van der Waals surface area contributed by atoms with Gasteiger partial charge in [-0.15, -0.1) is 0 Å². The lowest BCUT2D eigenvalue weighted by molar-refractivity contribution is -0.145. The number of hydrogen-bond acceptors (Lipinski definition) is 3. The van der Waals surface area contributed by atoms with Crippen LogP contribution in [0.1, 0.15) is 12.0 Å². The van der Waals surface area contributed by atoms with Crippen molar-refractivity contribution in [1.82, 2.24) is 4.90 Å². The number of hydrogen-bond donors (Lipinski definition) is 0. The first-order valence-electron chi connectivity index (χ1n) is 6.11. The maximum Gasteiger partial charge on any atom is 0.182 e. The van der Waals surface area contributed by atoms with E-state index in [0.717, 1.165) is 36.1 Å². The van der Waals surface area contributed by atoms with Crippen molar-refractivity contribution in [2.45, 2.75) is 18.8 Å². The Kier molecular flexibility index (Phi) is 3.40. The highest BCUT2D eigenvalue weighted by Crippen LogP contribution is 2.32.